The SMILES string of the molecule is CCCCC/C=C\C/C=C\CCCCCCCCCCCC(=O)OCCCCCCCCCCCCCCCCCCCCCCCC(=O)NC(CO)C(O)CCCCCCCCCCCCC. The molecule has 0 saturated heterocycles. The van der Waals surface area contributed by atoms with Gasteiger partial charge in [0, 0.05) is 12.8 Å². The van der Waals surface area contributed by atoms with E-state index in [1.165, 1.54) is 250 Å². The van der Waals surface area contributed by atoms with Crippen LogP contribution in [-0.4, -0.2) is 47.4 Å². The third-order valence-corrected chi connectivity index (χ3v) is 14.3. The number of hydrogen-bond donors (Lipinski definition) is 3. The molecule has 0 saturated carbocycles. The Morgan fingerprint density at radius 1 is 0.412 bits per heavy atom. The zero-order chi connectivity index (χ0) is 49.3. The molecule has 0 aromatic carbocycles. The largest absolute Gasteiger partial charge is 0.466 e. The van der Waals surface area contributed by atoms with Crippen LogP contribution in [0.25, 0.3) is 0 Å². The number of allylic oxidation sites excluding steroid dienone is 4. The number of carbonyl (C=O) groups is 2. The molecule has 0 radical (unpaired) electrons. The minimum atomic E-state index is -0.663. The van der Waals surface area contributed by atoms with Crippen molar-refractivity contribution < 1.29 is 24.5 Å². The Bertz CT molecular complexity index is 1060. The van der Waals surface area contributed by atoms with Gasteiger partial charge in [-0.15, -0.1) is 0 Å². The third kappa shape index (κ3) is 53.7. The van der Waals surface area contributed by atoms with E-state index in [0.29, 0.717) is 25.9 Å². The van der Waals surface area contributed by atoms with Crippen LogP contribution in [0.2, 0.25) is 0 Å². The molecule has 6 heteroatoms. The van der Waals surface area contributed by atoms with Gasteiger partial charge in [0.25, 0.3) is 0 Å². The van der Waals surface area contributed by atoms with Crippen molar-refractivity contribution in [2.75, 3.05) is 13.2 Å². The standard InChI is InChI=1S/C62H119NO5/c1-3-5-7-9-11-13-15-16-17-18-22-26-29-32-36-40-44-48-52-56-62(67)68-57-53-49-45-41-37-33-30-27-24-21-19-20-23-25-28-31-35-39-43-47-51-55-61(66)63-59(58-64)60(65)54-50-46-42-38-34-14-12-10-8-6-4-2/h11,13,16-17,59-60,64-65H,3-10,12,14-15,18-58H2,1-2H3,(H,63,66)/b13-11-,17-16-. The Labute approximate surface area is 424 Å². The maximum absolute atomic E-state index is 12.4. The van der Waals surface area contributed by atoms with Crippen LogP contribution in [0.3, 0.4) is 0 Å². The predicted molar refractivity (Wildman–Crippen MR) is 296 cm³/mol. The predicted octanol–water partition coefficient (Wildman–Crippen LogP) is 19.0. The first-order valence-corrected chi connectivity index (χ1v) is 30.6. The fourth-order valence-electron chi connectivity index (χ4n) is 9.55. The number of esters is 1. The molecule has 402 valence electrons. The molecule has 1 amide bonds. The second-order valence-corrected chi connectivity index (χ2v) is 21.0. The van der Waals surface area contributed by atoms with E-state index in [4.69, 9.17) is 4.74 Å². The molecule has 6 nitrogen and oxygen atoms in total. The van der Waals surface area contributed by atoms with Gasteiger partial charge in [0.2, 0.25) is 5.91 Å². The topological polar surface area (TPSA) is 95.9 Å². The van der Waals surface area contributed by atoms with Crippen molar-refractivity contribution in [1.82, 2.24) is 5.32 Å². The van der Waals surface area contributed by atoms with Gasteiger partial charge in [-0.05, 0) is 57.8 Å². The van der Waals surface area contributed by atoms with Crippen molar-refractivity contribution in [3.05, 3.63) is 24.3 Å². The monoisotopic (exact) mass is 958 g/mol. The van der Waals surface area contributed by atoms with E-state index in [-0.39, 0.29) is 18.5 Å². The lowest BCUT2D eigenvalue weighted by atomic mass is 10.0. The van der Waals surface area contributed by atoms with Gasteiger partial charge >= 0.3 is 5.97 Å². The van der Waals surface area contributed by atoms with Crippen LogP contribution in [0.1, 0.15) is 335 Å². The Hall–Kier alpha value is -1.66. The minimum absolute atomic E-state index is 0.00852. The van der Waals surface area contributed by atoms with Gasteiger partial charge in [-0.25, -0.2) is 0 Å². The number of ether oxygens (including phenoxy) is 1. The number of aliphatic hydroxyl groups is 2. The van der Waals surface area contributed by atoms with Gasteiger partial charge in [0.1, 0.15) is 0 Å². The first-order valence-electron chi connectivity index (χ1n) is 30.6. The number of nitrogens with one attached hydrogen (secondary N) is 1. The average molecular weight is 959 g/mol. The second kappa shape index (κ2) is 57.9. The van der Waals surface area contributed by atoms with Crippen LogP contribution in [0.15, 0.2) is 24.3 Å². The number of amides is 1. The quantitative estimate of drug-likeness (QED) is 0.0321. The fourth-order valence-corrected chi connectivity index (χ4v) is 9.55. The zero-order valence-corrected chi connectivity index (χ0v) is 45.9. The molecule has 0 rings (SSSR count). The maximum atomic E-state index is 12.4. The van der Waals surface area contributed by atoms with E-state index < -0.39 is 12.1 Å². The van der Waals surface area contributed by atoms with E-state index in [0.717, 1.165) is 51.4 Å². The molecule has 0 heterocycles. The van der Waals surface area contributed by atoms with E-state index in [1.807, 2.05) is 0 Å². The number of aliphatic hydroxyl groups excluding tert-OH is 2. The number of carbonyl (C=O) groups excluding carboxylic acids is 2. The molecule has 2 atom stereocenters. The Morgan fingerprint density at radius 2 is 0.735 bits per heavy atom. The first kappa shape index (κ1) is 66.3. The molecule has 0 aliphatic rings. The smallest absolute Gasteiger partial charge is 0.305 e. The lowest BCUT2D eigenvalue weighted by molar-refractivity contribution is -0.143. The van der Waals surface area contributed by atoms with Crippen molar-refractivity contribution in [2.45, 2.75) is 347 Å². The summed E-state index contributed by atoms with van der Waals surface area (Å²) in [7, 11) is 0. The molecule has 2 unspecified atom stereocenters. The lowest BCUT2D eigenvalue weighted by Crippen LogP contribution is -2.45. The Balaban J connectivity index is 3.35. The molecule has 68 heavy (non-hydrogen) atoms. The molecule has 0 aliphatic carbocycles. The summed E-state index contributed by atoms with van der Waals surface area (Å²) in [5, 5.41) is 23.2. The van der Waals surface area contributed by atoms with E-state index in [1.54, 1.807) is 0 Å². The number of unbranched alkanes of at least 4 members (excludes halogenated alkanes) is 42. The van der Waals surface area contributed by atoms with Crippen molar-refractivity contribution in [3.8, 4) is 0 Å². The van der Waals surface area contributed by atoms with Gasteiger partial charge in [0.15, 0.2) is 0 Å². The number of rotatable bonds is 57. The molecule has 0 spiro atoms. The van der Waals surface area contributed by atoms with Crippen LogP contribution in [0.5, 0.6) is 0 Å². The van der Waals surface area contributed by atoms with Crippen LogP contribution in [0.4, 0.5) is 0 Å². The molecule has 0 fully saturated rings. The lowest BCUT2D eigenvalue weighted by Gasteiger charge is -2.22. The average Bonchev–Trinajstić information content (AvgIpc) is 3.34. The summed E-state index contributed by atoms with van der Waals surface area (Å²) in [6.45, 7) is 4.93. The summed E-state index contributed by atoms with van der Waals surface area (Å²) in [6.07, 6.45) is 70.4. The number of hydrogen-bond acceptors (Lipinski definition) is 5. The van der Waals surface area contributed by atoms with Gasteiger partial charge in [0.05, 0.1) is 25.4 Å². The van der Waals surface area contributed by atoms with E-state index in [2.05, 4.69) is 43.5 Å². The molecular formula is C62H119NO5. The van der Waals surface area contributed by atoms with Crippen LogP contribution in [-0.2, 0) is 14.3 Å². The fraction of sp³-hybridized carbons (Fsp3) is 0.903. The summed E-state index contributed by atoms with van der Waals surface area (Å²) in [6, 6.07) is -0.541. The molecule has 0 aliphatic heterocycles. The molecule has 0 bridgehead atoms. The van der Waals surface area contributed by atoms with Crippen LogP contribution in [0, 0.1) is 0 Å². The molecular weight excluding hydrogens is 839 g/mol. The Kier molecular flexibility index (Phi) is 56.5. The van der Waals surface area contributed by atoms with Gasteiger partial charge < -0.3 is 20.3 Å². The minimum Gasteiger partial charge on any atom is -0.466 e. The molecule has 0 aromatic heterocycles. The highest BCUT2D eigenvalue weighted by atomic mass is 16.5. The summed E-state index contributed by atoms with van der Waals surface area (Å²) in [5.74, 6) is -0.0275. The summed E-state index contributed by atoms with van der Waals surface area (Å²) >= 11 is 0. The van der Waals surface area contributed by atoms with Crippen molar-refractivity contribution in [3.63, 3.8) is 0 Å². The van der Waals surface area contributed by atoms with Crippen LogP contribution >= 0.6 is 0 Å². The normalized spacial score (nSPS) is 12.7. The summed E-state index contributed by atoms with van der Waals surface area (Å²) in [4.78, 5) is 24.5. The van der Waals surface area contributed by atoms with Crippen molar-refractivity contribution in [1.29, 1.82) is 0 Å². The highest BCUT2D eigenvalue weighted by Crippen LogP contribution is 2.18. The van der Waals surface area contributed by atoms with Crippen molar-refractivity contribution in [2.24, 2.45) is 0 Å². The maximum Gasteiger partial charge on any atom is 0.305 e. The third-order valence-electron chi connectivity index (χ3n) is 14.3. The summed E-state index contributed by atoms with van der Waals surface area (Å²) in [5.41, 5.74) is 0. The second-order valence-electron chi connectivity index (χ2n) is 21.0. The van der Waals surface area contributed by atoms with E-state index >= 15 is 0 Å². The molecule has 3 N–H and O–H groups in total. The highest BCUT2D eigenvalue weighted by molar-refractivity contribution is 5.76. The highest BCUT2D eigenvalue weighted by Gasteiger charge is 2.20. The van der Waals surface area contributed by atoms with Gasteiger partial charge in [-0.2, -0.15) is 0 Å². The van der Waals surface area contributed by atoms with Crippen LogP contribution < -0.4 is 5.32 Å². The van der Waals surface area contributed by atoms with Crippen molar-refractivity contribution >= 4 is 11.9 Å². The first-order chi connectivity index (χ1) is 33.5. The zero-order valence-electron chi connectivity index (χ0n) is 45.9. The van der Waals surface area contributed by atoms with E-state index in [9.17, 15) is 19.8 Å². The molecule has 0 aromatic rings. The van der Waals surface area contributed by atoms with Gasteiger partial charge in [-0.3, -0.25) is 9.59 Å². The summed E-state index contributed by atoms with van der Waals surface area (Å²) < 4.78 is 5.50. The van der Waals surface area contributed by atoms with Gasteiger partial charge in [-0.1, -0.05) is 289 Å². The Morgan fingerprint density at radius 3 is 1.15 bits per heavy atom.